The molecule has 1 saturated carbocycles. The van der Waals surface area contributed by atoms with Gasteiger partial charge in [0, 0.05) is 24.9 Å². The van der Waals surface area contributed by atoms with Crippen molar-refractivity contribution < 1.29 is 14.7 Å². The molecule has 118 valence electrons. The van der Waals surface area contributed by atoms with Crippen LogP contribution in [0, 0.1) is 17.3 Å². The summed E-state index contributed by atoms with van der Waals surface area (Å²) in [5.74, 6) is -0.901. The zero-order valence-corrected chi connectivity index (χ0v) is 12.8. The molecule has 1 aliphatic carbocycles. The van der Waals surface area contributed by atoms with Crippen LogP contribution in [0.5, 0.6) is 0 Å². The molecule has 1 amide bonds. The molecule has 0 aromatic carbocycles. The average molecular weight is 303 g/mol. The number of aliphatic carboxylic acids is 1. The minimum absolute atomic E-state index is 0.00722. The fourth-order valence-corrected chi connectivity index (χ4v) is 3.87. The van der Waals surface area contributed by atoms with E-state index < -0.39 is 18.1 Å². The SMILES string of the molecule is CC1(C)[C@@H]2[C@@H](C(=O)O)N(C(=O)[C@@H](N)Cc3cccnc3)C[C@@H]21. The van der Waals surface area contributed by atoms with Crippen molar-refractivity contribution in [2.24, 2.45) is 23.0 Å². The van der Waals surface area contributed by atoms with Crippen molar-refractivity contribution in [3.05, 3.63) is 30.1 Å². The lowest BCUT2D eigenvalue weighted by molar-refractivity contribution is -0.150. The molecule has 1 aliphatic heterocycles. The van der Waals surface area contributed by atoms with Crippen molar-refractivity contribution in [1.82, 2.24) is 9.88 Å². The molecule has 2 heterocycles. The lowest BCUT2D eigenvalue weighted by Crippen LogP contribution is -2.52. The Morgan fingerprint density at radius 3 is 2.86 bits per heavy atom. The number of carboxylic acid groups (broad SMARTS) is 1. The van der Waals surface area contributed by atoms with Crippen LogP contribution in [0.4, 0.5) is 0 Å². The third-order valence-corrected chi connectivity index (χ3v) is 5.24. The van der Waals surface area contributed by atoms with Gasteiger partial charge in [0.2, 0.25) is 5.91 Å². The highest BCUT2D eigenvalue weighted by atomic mass is 16.4. The van der Waals surface area contributed by atoms with E-state index in [4.69, 9.17) is 5.73 Å². The fraction of sp³-hybridized carbons (Fsp3) is 0.562. The van der Waals surface area contributed by atoms with E-state index in [1.165, 1.54) is 4.90 Å². The Kier molecular flexibility index (Phi) is 3.44. The van der Waals surface area contributed by atoms with Crippen LogP contribution >= 0.6 is 0 Å². The average Bonchev–Trinajstić information content (AvgIpc) is 2.86. The number of rotatable bonds is 4. The van der Waals surface area contributed by atoms with Gasteiger partial charge in [-0.15, -0.1) is 0 Å². The molecule has 0 unspecified atom stereocenters. The highest BCUT2D eigenvalue weighted by Crippen LogP contribution is 2.64. The fourth-order valence-electron chi connectivity index (χ4n) is 3.87. The van der Waals surface area contributed by atoms with Gasteiger partial charge in [0.15, 0.2) is 0 Å². The molecule has 22 heavy (non-hydrogen) atoms. The summed E-state index contributed by atoms with van der Waals surface area (Å²) in [5, 5.41) is 9.49. The van der Waals surface area contributed by atoms with Gasteiger partial charge in [0.05, 0.1) is 6.04 Å². The first-order valence-corrected chi connectivity index (χ1v) is 7.52. The van der Waals surface area contributed by atoms with E-state index in [0.29, 0.717) is 13.0 Å². The summed E-state index contributed by atoms with van der Waals surface area (Å²) in [6.45, 7) is 4.62. The Morgan fingerprint density at radius 2 is 2.27 bits per heavy atom. The highest BCUT2D eigenvalue weighted by Gasteiger charge is 2.69. The van der Waals surface area contributed by atoms with E-state index in [0.717, 1.165) is 5.56 Å². The van der Waals surface area contributed by atoms with Gasteiger partial charge in [-0.2, -0.15) is 0 Å². The van der Waals surface area contributed by atoms with Crippen molar-refractivity contribution in [2.45, 2.75) is 32.4 Å². The second-order valence-corrected chi connectivity index (χ2v) is 6.90. The Balaban J connectivity index is 1.71. The molecular weight excluding hydrogens is 282 g/mol. The number of pyridine rings is 1. The zero-order chi connectivity index (χ0) is 16.1. The molecule has 1 saturated heterocycles. The van der Waals surface area contributed by atoms with Crippen molar-refractivity contribution in [1.29, 1.82) is 0 Å². The Hall–Kier alpha value is -1.95. The number of carbonyl (C=O) groups excluding carboxylic acids is 1. The molecule has 6 nitrogen and oxygen atoms in total. The molecule has 0 bridgehead atoms. The maximum Gasteiger partial charge on any atom is 0.326 e. The maximum absolute atomic E-state index is 12.6. The van der Waals surface area contributed by atoms with E-state index in [-0.39, 0.29) is 23.2 Å². The van der Waals surface area contributed by atoms with Crippen molar-refractivity contribution in [2.75, 3.05) is 6.54 Å². The van der Waals surface area contributed by atoms with Crippen molar-refractivity contribution in [3.8, 4) is 0 Å². The van der Waals surface area contributed by atoms with Crippen molar-refractivity contribution in [3.63, 3.8) is 0 Å². The zero-order valence-electron chi connectivity index (χ0n) is 12.8. The number of hydrogen-bond donors (Lipinski definition) is 2. The number of nitrogens with zero attached hydrogens (tertiary/aromatic N) is 2. The molecule has 0 radical (unpaired) electrons. The largest absolute Gasteiger partial charge is 0.480 e. The van der Waals surface area contributed by atoms with E-state index in [9.17, 15) is 14.7 Å². The topological polar surface area (TPSA) is 96.5 Å². The van der Waals surface area contributed by atoms with Gasteiger partial charge in [-0.25, -0.2) is 4.79 Å². The number of fused-ring (bicyclic) bond motifs is 1. The lowest BCUT2D eigenvalue weighted by atomic mass is 9.99. The van der Waals surface area contributed by atoms with Crippen LogP contribution in [0.25, 0.3) is 0 Å². The first-order chi connectivity index (χ1) is 10.3. The third kappa shape index (κ3) is 2.27. The molecule has 3 N–H and O–H groups in total. The predicted molar refractivity (Wildman–Crippen MR) is 79.8 cm³/mol. The monoisotopic (exact) mass is 303 g/mol. The number of likely N-dealkylation sites (tertiary alicyclic amines) is 1. The molecule has 1 aromatic heterocycles. The number of nitrogens with two attached hydrogens (primary N) is 1. The number of aromatic nitrogens is 1. The normalized spacial score (nSPS) is 29.8. The van der Waals surface area contributed by atoms with E-state index in [1.54, 1.807) is 18.5 Å². The second kappa shape index (κ2) is 5.05. The second-order valence-electron chi connectivity index (χ2n) is 6.90. The highest BCUT2D eigenvalue weighted by molar-refractivity contribution is 5.88. The van der Waals surface area contributed by atoms with Gasteiger partial charge >= 0.3 is 5.97 Å². The number of hydrogen-bond acceptors (Lipinski definition) is 4. The van der Waals surface area contributed by atoms with Crippen LogP contribution < -0.4 is 5.73 Å². The lowest BCUT2D eigenvalue weighted by Gasteiger charge is -2.30. The van der Waals surface area contributed by atoms with Gasteiger partial charge in [-0.1, -0.05) is 19.9 Å². The van der Waals surface area contributed by atoms with Gasteiger partial charge in [0.1, 0.15) is 6.04 Å². The van der Waals surface area contributed by atoms with Gasteiger partial charge in [-0.05, 0) is 29.4 Å². The van der Waals surface area contributed by atoms with E-state index in [2.05, 4.69) is 18.8 Å². The number of carboxylic acids is 1. The van der Waals surface area contributed by atoms with Crippen LogP contribution in [0.3, 0.4) is 0 Å². The van der Waals surface area contributed by atoms with Gasteiger partial charge < -0.3 is 15.7 Å². The summed E-state index contributed by atoms with van der Waals surface area (Å²) in [6.07, 6.45) is 3.70. The summed E-state index contributed by atoms with van der Waals surface area (Å²) >= 11 is 0. The molecule has 2 fully saturated rings. The summed E-state index contributed by atoms with van der Waals surface area (Å²) in [7, 11) is 0. The van der Waals surface area contributed by atoms with Crippen LogP contribution in [0.2, 0.25) is 0 Å². The number of piperidine rings is 1. The molecule has 3 rings (SSSR count). The number of amides is 1. The molecular formula is C16H21N3O3. The third-order valence-electron chi connectivity index (χ3n) is 5.24. The smallest absolute Gasteiger partial charge is 0.326 e. The minimum atomic E-state index is -0.931. The molecule has 1 aromatic rings. The summed E-state index contributed by atoms with van der Waals surface area (Å²) < 4.78 is 0. The summed E-state index contributed by atoms with van der Waals surface area (Å²) in [5.41, 5.74) is 6.89. The standard InChI is InChI=1S/C16H21N3O3/c1-16(2)10-8-19(13(12(10)16)15(21)22)14(20)11(17)6-9-4-3-5-18-7-9/h3-5,7,10-13H,6,8,17H2,1-2H3,(H,21,22)/t10-,11-,12-,13-/m0/s1. The molecule has 2 aliphatic rings. The summed E-state index contributed by atoms with van der Waals surface area (Å²) in [6, 6.07) is 2.18. The van der Waals surface area contributed by atoms with Crippen molar-refractivity contribution >= 4 is 11.9 Å². The van der Waals surface area contributed by atoms with Crippen LogP contribution in [-0.4, -0.2) is 45.5 Å². The predicted octanol–water partition coefficient (Wildman–Crippen LogP) is 0.519. The molecule has 4 atom stereocenters. The van der Waals surface area contributed by atoms with E-state index >= 15 is 0 Å². The minimum Gasteiger partial charge on any atom is -0.480 e. The Labute approximate surface area is 129 Å². The molecule has 0 spiro atoms. The van der Waals surface area contributed by atoms with E-state index in [1.807, 2.05) is 6.07 Å². The Bertz CT molecular complexity index is 602. The first-order valence-electron chi connectivity index (χ1n) is 7.52. The number of carbonyl (C=O) groups is 2. The Morgan fingerprint density at radius 1 is 1.55 bits per heavy atom. The van der Waals surface area contributed by atoms with Gasteiger partial charge in [0.25, 0.3) is 0 Å². The van der Waals surface area contributed by atoms with Crippen LogP contribution in [0.15, 0.2) is 24.5 Å². The quantitative estimate of drug-likeness (QED) is 0.845. The van der Waals surface area contributed by atoms with Crippen LogP contribution in [0.1, 0.15) is 19.4 Å². The van der Waals surface area contributed by atoms with Crippen LogP contribution in [-0.2, 0) is 16.0 Å². The molecule has 6 heteroatoms. The summed E-state index contributed by atoms with van der Waals surface area (Å²) in [4.78, 5) is 29.6. The maximum atomic E-state index is 12.6. The van der Waals surface area contributed by atoms with Gasteiger partial charge in [-0.3, -0.25) is 9.78 Å². The first kappa shape index (κ1) is 15.0.